The molecule has 0 spiro atoms. The minimum atomic E-state index is 0.106. The van der Waals surface area contributed by atoms with Crippen molar-refractivity contribution in [2.45, 2.75) is 26.5 Å². The first kappa shape index (κ1) is 15.0. The number of halogens is 1. The van der Waals surface area contributed by atoms with E-state index in [-0.39, 0.29) is 6.10 Å². The van der Waals surface area contributed by atoms with Crippen LogP contribution >= 0.6 is 22.9 Å². The molecule has 0 bridgehead atoms. The Balaban J connectivity index is 2.19. The van der Waals surface area contributed by atoms with Gasteiger partial charge >= 0.3 is 0 Å². The molecular weight excluding hydrogens is 292 g/mol. The van der Waals surface area contributed by atoms with Gasteiger partial charge in [0.05, 0.1) is 28.4 Å². The van der Waals surface area contributed by atoms with Gasteiger partial charge in [0.25, 0.3) is 0 Å². The number of benzene rings is 1. The molecule has 20 heavy (non-hydrogen) atoms. The van der Waals surface area contributed by atoms with Crippen LogP contribution in [-0.2, 0) is 6.54 Å². The normalized spacial score (nSPS) is 10.8. The second kappa shape index (κ2) is 6.37. The van der Waals surface area contributed by atoms with Gasteiger partial charge in [0.2, 0.25) is 0 Å². The number of ether oxygens (including phenoxy) is 1. The Hall–Kier alpha value is -1.39. The molecule has 2 rings (SSSR count). The lowest BCUT2D eigenvalue weighted by Crippen LogP contribution is -2.18. The van der Waals surface area contributed by atoms with Crippen molar-refractivity contribution < 1.29 is 4.74 Å². The van der Waals surface area contributed by atoms with Gasteiger partial charge in [-0.2, -0.15) is 0 Å². The quantitative estimate of drug-likeness (QED) is 0.831. The van der Waals surface area contributed by atoms with Gasteiger partial charge in [0.1, 0.15) is 5.75 Å². The maximum atomic E-state index is 6.20. The van der Waals surface area contributed by atoms with Crippen molar-refractivity contribution in [3.8, 4) is 5.75 Å². The number of anilines is 2. The van der Waals surface area contributed by atoms with E-state index in [0.29, 0.717) is 5.69 Å². The highest BCUT2D eigenvalue weighted by atomic mass is 35.5. The van der Waals surface area contributed by atoms with Crippen LogP contribution in [0.3, 0.4) is 0 Å². The van der Waals surface area contributed by atoms with Crippen molar-refractivity contribution in [2.75, 3.05) is 17.7 Å². The molecule has 2 aromatic rings. The molecule has 0 unspecified atom stereocenters. The van der Waals surface area contributed by atoms with Crippen LogP contribution in [0.15, 0.2) is 30.3 Å². The molecule has 0 aliphatic heterocycles. The molecule has 0 amide bonds. The molecule has 1 heterocycles. The van der Waals surface area contributed by atoms with Gasteiger partial charge in [-0.1, -0.05) is 17.7 Å². The Morgan fingerprint density at radius 3 is 2.65 bits per heavy atom. The lowest BCUT2D eigenvalue weighted by Gasteiger charge is -2.22. The molecular formula is C15H19ClN2OS. The zero-order valence-electron chi connectivity index (χ0n) is 11.9. The van der Waals surface area contributed by atoms with E-state index in [9.17, 15) is 0 Å². The fourth-order valence-electron chi connectivity index (χ4n) is 1.98. The number of hydrogen-bond donors (Lipinski definition) is 1. The van der Waals surface area contributed by atoms with Crippen LogP contribution in [0.4, 0.5) is 11.4 Å². The number of nitrogens with two attached hydrogens (primary N) is 1. The summed E-state index contributed by atoms with van der Waals surface area (Å²) in [4.78, 5) is 3.30. The molecule has 0 saturated carbocycles. The van der Waals surface area contributed by atoms with Crippen LogP contribution in [-0.4, -0.2) is 13.2 Å². The van der Waals surface area contributed by atoms with Crippen LogP contribution in [0.1, 0.15) is 18.7 Å². The number of thiophene rings is 1. The molecule has 0 aliphatic rings. The number of hydrogen-bond acceptors (Lipinski definition) is 4. The van der Waals surface area contributed by atoms with Crippen LogP contribution in [0.2, 0.25) is 4.34 Å². The summed E-state index contributed by atoms with van der Waals surface area (Å²) >= 11 is 7.54. The third-order valence-electron chi connectivity index (χ3n) is 2.84. The third kappa shape index (κ3) is 3.58. The molecule has 5 heteroatoms. The van der Waals surface area contributed by atoms with Crippen molar-refractivity contribution in [1.29, 1.82) is 0 Å². The molecule has 0 aliphatic carbocycles. The van der Waals surface area contributed by atoms with Crippen molar-refractivity contribution in [3.63, 3.8) is 0 Å². The summed E-state index contributed by atoms with van der Waals surface area (Å²) in [6, 6.07) is 9.80. The van der Waals surface area contributed by atoms with E-state index in [1.807, 2.05) is 51.2 Å². The summed E-state index contributed by atoms with van der Waals surface area (Å²) in [6.07, 6.45) is 0.106. The summed E-state index contributed by atoms with van der Waals surface area (Å²) in [7, 11) is 2.01. The summed E-state index contributed by atoms with van der Waals surface area (Å²) in [6.45, 7) is 4.75. The topological polar surface area (TPSA) is 38.5 Å². The van der Waals surface area contributed by atoms with E-state index in [1.54, 1.807) is 11.3 Å². The molecule has 2 N–H and O–H groups in total. The maximum Gasteiger partial charge on any atom is 0.144 e. The predicted octanol–water partition coefficient (Wildman–Crippen LogP) is 4.41. The van der Waals surface area contributed by atoms with Gasteiger partial charge in [-0.25, -0.2) is 0 Å². The average molecular weight is 311 g/mol. The van der Waals surface area contributed by atoms with Crippen molar-refractivity contribution in [1.82, 2.24) is 0 Å². The molecule has 0 radical (unpaired) electrons. The number of nitrogen functional groups attached to an aromatic ring is 1. The molecule has 0 saturated heterocycles. The SMILES string of the molecule is CC(C)Oc1cccc(N(C)Cc2ccc(Cl)s2)c1N. The first-order valence-corrected chi connectivity index (χ1v) is 7.67. The number of rotatable bonds is 5. The Morgan fingerprint density at radius 2 is 2.05 bits per heavy atom. The van der Waals surface area contributed by atoms with E-state index in [2.05, 4.69) is 4.90 Å². The zero-order valence-corrected chi connectivity index (χ0v) is 13.5. The fourth-order valence-corrected chi connectivity index (χ4v) is 3.12. The smallest absolute Gasteiger partial charge is 0.144 e. The van der Waals surface area contributed by atoms with Crippen LogP contribution in [0.25, 0.3) is 0 Å². The first-order valence-electron chi connectivity index (χ1n) is 6.48. The summed E-state index contributed by atoms with van der Waals surface area (Å²) in [5.74, 6) is 0.730. The van der Waals surface area contributed by atoms with E-state index < -0.39 is 0 Å². The Labute approximate surface area is 128 Å². The van der Waals surface area contributed by atoms with Crippen LogP contribution < -0.4 is 15.4 Å². The van der Waals surface area contributed by atoms with Gasteiger partial charge < -0.3 is 15.4 Å². The second-order valence-electron chi connectivity index (χ2n) is 4.92. The third-order valence-corrected chi connectivity index (χ3v) is 4.05. The van der Waals surface area contributed by atoms with E-state index >= 15 is 0 Å². The lowest BCUT2D eigenvalue weighted by molar-refractivity contribution is 0.244. The van der Waals surface area contributed by atoms with Gasteiger partial charge in [0, 0.05) is 11.9 Å². The lowest BCUT2D eigenvalue weighted by atomic mass is 10.2. The summed E-state index contributed by atoms with van der Waals surface area (Å²) in [5.41, 5.74) is 7.84. The van der Waals surface area contributed by atoms with E-state index in [1.165, 1.54) is 4.88 Å². The number of para-hydroxylation sites is 1. The first-order chi connectivity index (χ1) is 9.47. The molecule has 3 nitrogen and oxygen atoms in total. The van der Waals surface area contributed by atoms with Crippen LogP contribution in [0, 0.1) is 0 Å². The van der Waals surface area contributed by atoms with Gasteiger partial charge in [-0.15, -0.1) is 11.3 Å². The Kier molecular flexibility index (Phi) is 4.78. The minimum Gasteiger partial charge on any atom is -0.489 e. The van der Waals surface area contributed by atoms with Crippen molar-refractivity contribution in [3.05, 3.63) is 39.5 Å². The average Bonchev–Trinajstić information content (AvgIpc) is 2.76. The highest BCUT2D eigenvalue weighted by Gasteiger charge is 2.12. The van der Waals surface area contributed by atoms with E-state index in [4.69, 9.17) is 22.1 Å². The molecule has 0 fully saturated rings. The van der Waals surface area contributed by atoms with E-state index in [0.717, 1.165) is 22.3 Å². The fraction of sp³-hybridized carbons (Fsp3) is 0.333. The zero-order chi connectivity index (χ0) is 14.7. The minimum absolute atomic E-state index is 0.106. The Bertz CT molecular complexity index is 583. The Morgan fingerprint density at radius 1 is 1.30 bits per heavy atom. The largest absolute Gasteiger partial charge is 0.489 e. The summed E-state index contributed by atoms with van der Waals surface area (Å²) in [5, 5.41) is 0. The monoisotopic (exact) mass is 310 g/mol. The van der Waals surface area contributed by atoms with Crippen molar-refractivity contribution >= 4 is 34.3 Å². The highest BCUT2D eigenvalue weighted by molar-refractivity contribution is 7.16. The summed E-state index contributed by atoms with van der Waals surface area (Å²) < 4.78 is 6.52. The standard InChI is InChI=1S/C15H19ClN2OS/c1-10(2)19-13-6-4-5-12(15(13)17)18(3)9-11-7-8-14(16)20-11/h4-8,10H,9,17H2,1-3H3. The predicted molar refractivity (Wildman–Crippen MR) is 88.1 cm³/mol. The molecule has 0 atom stereocenters. The van der Waals surface area contributed by atoms with Gasteiger partial charge in [-0.3, -0.25) is 0 Å². The van der Waals surface area contributed by atoms with Gasteiger partial charge in [-0.05, 0) is 38.1 Å². The van der Waals surface area contributed by atoms with Gasteiger partial charge in [0.15, 0.2) is 0 Å². The number of nitrogens with zero attached hydrogens (tertiary/aromatic N) is 1. The van der Waals surface area contributed by atoms with Crippen molar-refractivity contribution in [2.24, 2.45) is 0 Å². The molecule has 1 aromatic carbocycles. The highest BCUT2D eigenvalue weighted by Crippen LogP contribution is 2.33. The molecule has 1 aromatic heterocycles. The maximum absolute atomic E-state index is 6.20. The second-order valence-corrected chi connectivity index (χ2v) is 6.72. The van der Waals surface area contributed by atoms with Crippen LogP contribution in [0.5, 0.6) is 5.75 Å². The molecule has 108 valence electrons.